The van der Waals surface area contributed by atoms with Gasteiger partial charge in [0.15, 0.2) is 5.96 Å². The Bertz CT molecular complexity index is 519. The largest absolute Gasteiger partial charge is 0.379 e. The average molecular weight is 460 g/mol. The molecule has 2 N–H and O–H groups in total. The van der Waals surface area contributed by atoms with Crippen LogP contribution in [0.15, 0.2) is 29.3 Å². The molecule has 0 saturated carbocycles. The molecule has 6 heteroatoms. The van der Waals surface area contributed by atoms with E-state index in [2.05, 4.69) is 65.6 Å². The van der Waals surface area contributed by atoms with Crippen molar-refractivity contribution >= 4 is 29.9 Å². The summed E-state index contributed by atoms with van der Waals surface area (Å²) in [5.41, 5.74) is 2.82. The van der Waals surface area contributed by atoms with Crippen LogP contribution in [-0.2, 0) is 16.7 Å². The van der Waals surface area contributed by atoms with Gasteiger partial charge < -0.3 is 15.4 Å². The lowest BCUT2D eigenvalue weighted by molar-refractivity contribution is 0.0389. The van der Waals surface area contributed by atoms with Crippen LogP contribution in [0.25, 0.3) is 0 Å². The summed E-state index contributed by atoms with van der Waals surface area (Å²) in [6.45, 7) is 13.1. The van der Waals surface area contributed by atoms with Crippen molar-refractivity contribution in [2.75, 3.05) is 46.4 Å². The summed E-state index contributed by atoms with van der Waals surface area (Å²) >= 11 is 0. The van der Waals surface area contributed by atoms with E-state index in [0.29, 0.717) is 0 Å². The number of morpholine rings is 1. The summed E-state index contributed by atoms with van der Waals surface area (Å²) in [6, 6.07) is 8.81. The zero-order valence-electron chi connectivity index (χ0n) is 16.0. The minimum absolute atomic E-state index is 0. The first-order valence-electron chi connectivity index (χ1n) is 8.83. The number of hydrogen-bond donors (Lipinski definition) is 2. The molecular weight excluding hydrogens is 427 g/mol. The van der Waals surface area contributed by atoms with Gasteiger partial charge in [0, 0.05) is 39.8 Å². The van der Waals surface area contributed by atoms with Crippen molar-refractivity contribution in [3.05, 3.63) is 35.4 Å². The topological polar surface area (TPSA) is 48.9 Å². The number of hydrogen-bond acceptors (Lipinski definition) is 3. The third-order valence-electron chi connectivity index (χ3n) is 4.33. The SMILES string of the molecule is CN=C(NCCN1CCOCC1)NCc1ccc(C(C)(C)C)cc1.I. The van der Waals surface area contributed by atoms with Gasteiger partial charge in [-0.3, -0.25) is 9.89 Å². The Labute approximate surface area is 169 Å². The Morgan fingerprint density at radius 1 is 1.12 bits per heavy atom. The molecule has 1 saturated heterocycles. The Morgan fingerprint density at radius 2 is 1.76 bits per heavy atom. The molecule has 142 valence electrons. The molecule has 0 aliphatic carbocycles. The third-order valence-corrected chi connectivity index (χ3v) is 4.33. The highest BCUT2D eigenvalue weighted by molar-refractivity contribution is 14.0. The zero-order chi connectivity index (χ0) is 17.4. The van der Waals surface area contributed by atoms with E-state index in [-0.39, 0.29) is 29.4 Å². The summed E-state index contributed by atoms with van der Waals surface area (Å²) < 4.78 is 5.37. The predicted molar refractivity (Wildman–Crippen MR) is 116 cm³/mol. The molecule has 0 atom stereocenters. The number of guanidine groups is 1. The molecule has 0 amide bonds. The van der Waals surface area contributed by atoms with Crippen molar-refractivity contribution in [2.45, 2.75) is 32.7 Å². The van der Waals surface area contributed by atoms with Crippen LogP contribution in [0.5, 0.6) is 0 Å². The van der Waals surface area contributed by atoms with Gasteiger partial charge in [-0.15, -0.1) is 24.0 Å². The molecule has 25 heavy (non-hydrogen) atoms. The number of ether oxygens (including phenoxy) is 1. The highest BCUT2D eigenvalue weighted by Gasteiger charge is 2.13. The molecule has 0 bridgehead atoms. The molecule has 1 aliphatic heterocycles. The summed E-state index contributed by atoms with van der Waals surface area (Å²) in [4.78, 5) is 6.71. The molecule has 1 fully saturated rings. The van der Waals surface area contributed by atoms with Crippen LogP contribution in [0, 0.1) is 0 Å². The molecule has 2 rings (SSSR count). The lowest BCUT2D eigenvalue weighted by Gasteiger charge is -2.26. The fourth-order valence-corrected chi connectivity index (χ4v) is 2.69. The lowest BCUT2D eigenvalue weighted by Crippen LogP contribution is -2.44. The van der Waals surface area contributed by atoms with Gasteiger partial charge in [0.2, 0.25) is 0 Å². The van der Waals surface area contributed by atoms with Gasteiger partial charge in [-0.25, -0.2) is 0 Å². The van der Waals surface area contributed by atoms with E-state index in [9.17, 15) is 0 Å². The Kier molecular flexibility index (Phi) is 9.74. The van der Waals surface area contributed by atoms with E-state index >= 15 is 0 Å². The van der Waals surface area contributed by atoms with E-state index in [0.717, 1.165) is 51.9 Å². The van der Waals surface area contributed by atoms with Gasteiger partial charge >= 0.3 is 0 Å². The minimum atomic E-state index is 0. The quantitative estimate of drug-likeness (QED) is 0.403. The molecule has 1 aromatic rings. The minimum Gasteiger partial charge on any atom is -0.379 e. The summed E-state index contributed by atoms with van der Waals surface area (Å²) in [6.07, 6.45) is 0. The lowest BCUT2D eigenvalue weighted by atomic mass is 9.87. The van der Waals surface area contributed by atoms with Crippen molar-refractivity contribution in [2.24, 2.45) is 4.99 Å². The van der Waals surface area contributed by atoms with Gasteiger partial charge in [0.25, 0.3) is 0 Å². The number of benzene rings is 1. The van der Waals surface area contributed by atoms with Crippen LogP contribution >= 0.6 is 24.0 Å². The van der Waals surface area contributed by atoms with E-state index in [1.54, 1.807) is 0 Å². The van der Waals surface area contributed by atoms with Crippen LogP contribution in [0.2, 0.25) is 0 Å². The molecule has 0 spiro atoms. The van der Waals surface area contributed by atoms with Gasteiger partial charge in [0.05, 0.1) is 13.2 Å². The molecule has 5 nitrogen and oxygen atoms in total. The fraction of sp³-hybridized carbons (Fsp3) is 0.632. The van der Waals surface area contributed by atoms with Gasteiger partial charge in [0.1, 0.15) is 0 Å². The number of halogens is 1. The highest BCUT2D eigenvalue weighted by Crippen LogP contribution is 2.22. The van der Waals surface area contributed by atoms with Crippen LogP contribution < -0.4 is 10.6 Å². The Morgan fingerprint density at radius 3 is 2.32 bits per heavy atom. The highest BCUT2D eigenvalue weighted by atomic mass is 127. The molecule has 1 heterocycles. The van der Waals surface area contributed by atoms with E-state index < -0.39 is 0 Å². The van der Waals surface area contributed by atoms with Crippen LogP contribution in [0.4, 0.5) is 0 Å². The second-order valence-electron chi connectivity index (χ2n) is 7.25. The zero-order valence-corrected chi connectivity index (χ0v) is 18.3. The maximum Gasteiger partial charge on any atom is 0.191 e. The summed E-state index contributed by atoms with van der Waals surface area (Å²) in [7, 11) is 1.81. The average Bonchev–Trinajstić information content (AvgIpc) is 2.58. The second-order valence-corrected chi connectivity index (χ2v) is 7.25. The van der Waals surface area contributed by atoms with Crippen molar-refractivity contribution in [1.29, 1.82) is 0 Å². The van der Waals surface area contributed by atoms with Gasteiger partial charge in [-0.1, -0.05) is 45.0 Å². The first-order valence-corrected chi connectivity index (χ1v) is 8.83. The molecule has 0 aromatic heterocycles. The van der Waals surface area contributed by atoms with Crippen molar-refractivity contribution < 1.29 is 4.74 Å². The molecule has 0 unspecified atom stereocenters. The fourth-order valence-electron chi connectivity index (χ4n) is 2.69. The molecule has 1 aromatic carbocycles. The Hall–Kier alpha value is -0.860. The standard InChI is InChI=1S/C19H32N4O.HI/c1-19(2,3)17-7-5-16(6-8-17)15-22-18(20-4)21-9-10-23-11-13-24-14-12-23;/h5-8H,9-15H2,1-4H3,(H2,20,21,22);1H. The van der Waals surface area contributed by atoms with Crippen molar-refractivity contribution in [3.63, 3.8) is 0 Å². The van der Waals surface area contributed by atoms with E-state index in [1.807, 2.05) is 7.05 Å². The predicted octanol–water partition coefficient (Wildman–Crippen LogP) is 2.60. The van der Waals surface area contributed by atoms with Crippen LogP contribution in [-0.4, -0.2) is 57.3 Å². The second kappa shape index (κ2) is 11.0. The maximum absolute atomic E-state index is 5.37. The number of nitrogens with one attached hydrogen (secondary N) is 2. The smallest absolute Gasteiger partial charge is 0.191 e. The number of nitrogens with zero attached hydrogens (tertiary/aromatic N) is 2. The number of aliphatic imine (C=N–C) groups is 1. The van der Waals surface area contributed by atoms with Gasteiger partial charge in [-0.2, -0.15) is 0 Å². The van der Waals surface area contributed by atoms with Crippen LogP contribution in [0.3, 0.4) is 0 Å². The first-order chi connectivity index (χ1) is 11.5. The maximum atomic E-state index is 5.37. The normalized spacial score (nSPS) is 16.2. The summed E-state index contributed by atoms with van der Waals surface area (Å²) in [5.74, 6) is 0.850. The number of rotatable bonds is 5. The van der Waals surface area contributed by atoms with Gasteiger partial charge in [-0.05, 0) is 16.5 Å². The monoisotopic (exact) mass is 460 g/mol. The summed E-state index contributed by atoms with van der Waals surface area (Å²) in [5, 5.41) is 6.76. The molecular formula is C19H33IN4O. The third kappa shape index (κ3) is 7.92. The molecule has 1 aliphatic rings. The molecule has 0 radical (unpaired) electrons. The van der Waals surface area contributed by atoms with Crippen LogP contribution in [0.1, 0.15) is 31.9 Å². The van der Waals surface area contributed by atoms with E-state index in [4.69, 9.17) is 4.74 Å². The Balaban J connectivity index is 0.00000312. The van der Waals surface area contributed by atoms with Crippen molar-refractivity contribution in [3.8, 4) is 0 Å². The van der Waals surface area contributed by atoms with Crippen molar-refractivity contribution in [1.82, 2.24) is 15.5 Å². The first kappa shape index (κ1) is 22.2. The van der Waals surface area contributed by atoms with E-state index in [1.165, 1.54) is 11.1 Å².